The van der Waals surface area contributed by atoms with Crippen LogP contribution in [0, 0.1) is 35.5 Å². The molecule has 0 aliphatic carbocycles. The zero-order valence-corrected chi connectivity index (χ0v) is 58.9. The van der Waals surface area contributed by atoms with Gasteiger partial charge in [-0.15, -0.1) is 0 Å². The fourth-order valence-corrected chi connectivity index (χ4v) is 11.4. The van der Waals surface area contributed by atoms with Crippen molar-refractivity contribution in [3.63, 3.8) is 0 Å². The number of carbonyl (C=O) groups is 11. The molecule has 0 saturated carbocycles. The second-order valence-electron chi connectivity index (χ2n) is 26.9. The molecular formula is C67H113N11O13. The quantitative estimate of drug-likeness (QED) is 0.139. The molecule has 0 spiro atoms. The second-order valence-corrected chi connectivity index (χ2v) is 26.9. The predicted molar refractivity (Wildman–Crippen MR) is 350 cm³/mol. The van der Waals surface area contributed by atoms with E-state index in [1.54, 1.807) is 67.5 Å². The number of benzene rings is 1. The molecule has 0 aromatic heterocycles. The van der Waals surface area contributed by atoms with E-state index in [1.807, 2.05) is 71.9 Å². The van der Waals surface area contributed by atoms with Gasteiger partial charge < -0.3 is 65.4 Å². The van der Waals surface area contributed by atoms with Crippen molar-refractivity contribution in [1.29, 1.82) is 0 Å². The van der Waals surface area contributed by atoms with E-state index < -0.39 is 162 Å². The monoisotopic (exact) mass is 1280 g/mol. The van der Waals surface area contributed by atoms with E-state index in [4.69, 9.17) is 4.74 Å². The summed E-state index contributed by atoms with van der Waals surface area (Å²) >= 11 is 0. The van der Waals surface area contributed by atoms with E-state index in [9.17, 15) is 43.5 Å². The first-order valence-corrected chi connectivity index (χ1v) is 32.3. The van der Waals surface area contributed by atoms with E-state index in [-0.39, 0.29) is 50.0 Å². The fourth-order valence-electron chi connectivity index (χ4n) is 11.4. The summed E-state index contributed by atoms with van der Waals surface area (Å²) in [6.07, 6.45) is 1.73. The molecule has 1 aromatic carbocycles. The fraction of sp³-hybridized carbons (Fsp3) is 0.716. The first kappa shape index (κ1) is 80.1. The first-order valence-electron chi connectivity index (χ1n) is 32.3. The van der Waals surface area contributed by atoms with Crippen molar-refractivity contribution in [2.45, 2.75) is 222 Å². The maximum Gasteiger partial charge on any atom is 0.246 e. The summed E-state index contributed by atoms with van der Waals surface area (Å²) in [6, 6.07) is -3.79. The Morgan fingerprint density at radius 2 is 0.989 bits per heavy atom. The summed E-state index contributed by atoms with van der Waals surface area (Å²) in [5.41, 5.74) is 0.764. The van der Waals surface area contributed by atoms with E-state index in [0.29, 0.717) is 6.42 Å². The normalized spacial score (nSPS) is 26.2. The number of nitrogens with zero attached hydrogens (tertiary/aromatic N) is 7. The highest BCUT2D eigenvalue weighted by atomic mass is 16.5. The molecule has 0 unspecified atom stereocenters. The Balaban J connectivity index is 3.02. The smallest absolute Gasteiger partial charge is 0.246 e. The lowest BCUT2D eigenvalue weighted by Gasteiger charge is -2.41. The Labute approximate surface area is 542 Å². The van der Waals surface area contributed by atoms with E-state index in [2.05, 4.69) is 21.3 Å². The van der Waals surface area contributed by atoms with Crippen molar-refractivity contribution >= 4 is 65.0 Å². The van der Waals surface area contributed by atoms with Gasteiger partial charge in [0.1, 0.15) is 60.4 Å². The molecule has 1 aliphatic rings. The third-order valence-electron chi connectivity index (χ3n) is 17.1. The van der Waals surface area contributed by atoms with Crippen LogP contribution in [0.15, 0.2) is 42.5 Å². The zero-order valence-electron chi connectivity index (χ0n) is 58.9. The maximum absolute atomic E-state index is 15.2. The maximum atomic E-state index is 15.2. The molecule has 1 aromatic rings. The highest BCUT2D eigenvalue weighted by Gasteiger charge is 2.46. The lowest BCUT2D eigenvalue weighted by atomic mass is 9.91. The minimum absolute atomic E-state index is 0.00787. The summed E-state index contributed by atoms with van der Waals surface area (Å²) in [6.45, 7) is 27.0. The lowest BCUT2D eigenvalue weighted by molar-refractivity contribution is -0.157. The van der Waals surface area contributed by atoms with Crippen LogP contribution in [0.3, 0.4) is 0 Å². The Morgan fingerprint density at radius 3 is 1.48 bits per heavy atom. The van der Waals surface area contributed by atoms with Gasteiger partial charge >= 0.3 is 0 Å². The number of hydrogen-bond acceptors (Lipinski definition) is 13. The number of aliphatic hydroxyl groups is 1. The number of likely N-dealkylation sites (N-methyl/N-ethyl adjacent to an activating group) is 7. The van der Waals surface area contributed by atoms with E-state index in [0.717, 1.165) is 20.3 Å². The van der Waals surface area contributed by atoms with Crippen LogP contribution < -0.4 is 21.3 Å². The largest absolute Gasteiger partial charge is 0.390 e. The van der Waals surface area contributed by atoms with Gasteiger partial charge in [0.05, 0.1) is 25.4 Å². The molecule has 1 fully saturated rings. The van der Waals surface area contributed by atoms with Gasteiger partial charge in [0, 0.05) is 49.3 Å². The van der Waals surface area contributed by atoms with Crippen LogP contribution in [-0.4, -0.2) is 233 Å². The highest BCUT2D eigenvalue weighted by Crippen LogP contribution is 2.26. The number of carbonyl (C=O) groups excluding carboxylic acids is 11. The van der Waals surface area contributed by atoms with Gasteiger partial charge in [-0.1, -0.05) is 126 Å². The van der Waals surface area contributed by atoms with Crippen molar-refractivity contribution in [2.75, 3.05) is 55.9 Å². The molecule has 24 heteroatoms. The van der Waals surface area contributed by atoms with Crippen LogP contribution in [0.2, 0.25) is 0 Å². The Hall–Kier alpha value is -6.95. The van der Waals surface area contributed by atoms with Crippen LogP contribution in [-0.2, 0) is 64.1 Å². The van der Waals surface area contributed by atoms with Crippen molar-refractivity contribution in [3.8, 4) is 0 Å². The van der Waals surface area contributed by atoms with Crippen LogP contribution in [0.25, 0.3) is 0 Å². The van der Waals surface area contributed by atoms with Gasteiger partial charge in [-0.05, 0) is 101 Å². The SMILES string of the molecule is C/C=C/C[C@@H](C)[C@@H](O)[C@@H]1C(=O)N[C@@H](CC)C(=O)N(C)CC(=O)N(C)[C@@H]([C@@H](C)OCc2ccccc2)C(=O)N[C@@H](C(C)C)C(=O)N(C)[C@@H](CC(C)C)C(=O)N[C@@H](C)C(=O)N[C@H](C)C(=O)N(C)[C@@H](CC(C)C)C(=O)N(C)[C@@H](CC(C)C)C(=O)N(C)[C@@H](C(C)C)C(=O)N1C. The molecular weight excluding hydrogens is 1170 g/mol. The number of hydrogen-bond donors (Lipinski definition) is 5. The molecule has 24 nitrogen and oxygen atoms in total. The highest BCUT2D eigenvalue weighted by molar-refractivity contribution is 5.99. The second kappa shape index (κ2) is 36.9. The standard InChI is InChI=1S/C67H113N11O13/c1-24-26-30-43(13)57(80)56-61(84)70-48(25-2)63(86)72(17)36-52(79)76(21)55(46(16)91-37-47-31-28-27-29-32-47)60(83)71-53(41(9)10)66(89)73(18)49(33-38(3)4)59(82)68-44(14)58(81)69-45(15)62(85)74(19)50(34-39(5)6)64(87)75(20)51(35-40(7)8)65(88)77(22)54(42(11)12)67(90)78(56)23/h24,26-29,31-32,38-46,48-51,53-57,80H,25,30,33-37H2,1-23H3,(H,68,82)(H,69,81)(H,70,84)(H,71,83)/b26-24+/t43-,44+,45-,46-,48+,49+,50+,51+,53+,54+,55+,56-,57-/m1/s1. The van der Waals surface area contributed by atoms with E-state index >= 15 is 14.4 Å². The van der Waals surface area contributed by atoms with Crippen LogP contribution in [0.1, 0.15) is 148 Å². The van der Waals surface area contributed by atoms with Gasteiger partial charge in [-0.3, -0.25) is 52.7 Å². The first-order chi connectivity index (χ1) is 42.3. The topological polar surface area (TPSA) is 288 Å². The summed E-state index contributed by atoms with van der Waals surface area (Å²) in [5, 5.41) is 23.1. The Morgan fingerprint density at radius 1 is 0.516 bits per heavy atom. The molecule has 91 heavy (non-hydrogen) atoms. The molecule has 1 saturated heterocycles. The minimum Gasteiger partial charge on any atom is -0.390 e. The van der Waals surface area contributed by atoms with Gasteiger partial charge in [0.15, 0.2) is 0 Å². The Kier molecular flexibility index (Phi) is 32.5. The number of allylic oxidation sites excluding steroid dienone is 2. The Bertz CT molecular complexity index is 2650. The third-order valence-corrected chi connectivity index (χ3v) is 17.1. The minimum atomic E-state index is -1.64. The number of aliphatic hydroxyl groups excluding tert-OH is 1. The zero-order chi connectivity index (χ0) is 69.8. The molecule has 0 radical (unpaired) electrons. The number of nitrogens with one attached hydrogen (secondary N) is 4. The lowest BCUT2D eigenvalue weighted by Crippen LogP contribution is -2.63. The molecule has 1 aliphatic heterocycles. The van der Waals surface area contributed by atoms with Crippen molar-refractivity contribution in [2.24, 2.45) is 35.5 Å². The molecule has 1 heterocycles. The number of amides is 11. The molecule has 13 atom stereocenters. The predicted octanol–water partition coefficient (Wildman–Crippen LogP) is 3.83. The van der Waals surface area contributed by atoms with Gasteiger partial charge in [0.25, 0.3) is 0 Å². The van der Waals surface area contributed by atoms with E-state index in [1.165, 1.54) is 82.8 Å². The summed E-state index contributed by atoms with van der Waals surface area (Å²) in [5.74, 6) is -10.1. The number of ether oxygens (including phenoxy) is 1. The summed E-state index contributed by atoms with van der Waals surface area (Å²) < 4.78 is 6.26. The van der Waals surface area contributed by atoms with Crippen molar-refractivity contribution < 1.29 is 62.6 Å². The molecule has 11 amide bonds. The molecule has 514 valence electrons. The van der Waals surface area contributed by atoms with Gasteiger partial charge in [-0.2, -0.15) is 0 Å². The summed E-state index contributed by atoms with van der Waals surface area (Å²) in [7, 11) is 9.80. The van der Waals surface area contributed by atoms with Crippen molar-refractivity contribution in [1.82, 2.24) is 55.6 Å². The average Bonchev–Trinajstić information content (AvgIpc) is 2.39. The van der Waals surface area contributed by atoms with Gasteiger partial charge in [0.2, 0.25) is 65.0 Å². The van der Waals surface area contributed by atoms with Crippen LogP contribution >= 0.6 is 0 Å². The van der Waals surface area contributed by atoms with Crippen LogP contribution in [0.5, 0.6) is 0 Å². The summed E-state index contributed by atoms with van der Waals surface area (Å²) in [4.78, 5) is 170. The molecule has 2 rings (SSSR count). The van der Waals surface area contributed by atoms with Gasteiger partial charge in [-0.25, -0.2) is 0 Å². The third kappa shape index (κ3) is 22.4. The van der Waals surface area contributed by atoms with Crippen LogP contribution in [0.4, 0.5) is 0 Å². The average molecular weight is 1280 g/mol. The van der Waals surface area contributed by atoms with Crippen molar-refractivity contribution in [3.05, 3.63) is 48.0 Å². The molecule has 0 bridgehead atoms. The molecule has 5 N–H and O–H groups in total. The number of rotatable bonds is 17.